The number of nitrogens with one attached hydrogen (secondary N) is 2. The Balaban J connectivity index is 1.65. The number of carboxylic acids is 1. The molecule has 1 aliphatic heterocycles. The number of fused-ring (bicyclic) bond motifs is 1. The van der Waals surface area contributed by atoms with Crippen LogP contribution in [0.1, 0.15) is 11.1 Å². The zero-order valence-electron chi connectivity index (χ0n) is 13.0. The topological polar surface area (TPSA) is 91.3 Å². The number of amides is 1. The van der Waals surface area contributed by atoms with E-state index in [4.69, 9.17) is 11.6 Å². The molecule has 0 saturated carbocycles. The molecule has 0 saturated heterocycles. The fraction of sp³-hybridized carbons (Fsp3) is 0.235. The van der Waals surface area contributed by atoms with Gasteiger partial charge in [-0.1, -0.05) is 23.7 Å². The van der Waals surface area contributed by atoms with E-state index >= 15 is 0 Å². The molecule has 1 amide bonds. The zero-order valence-corrected chi connectivity index (χ0v) is 13.8. The number of aliphatic carboxylic acids is 1. The number of hydrogen-bond donors (Lipinski definition) is 3. The van der Waals surface area contributed by atoms with Gasteiger partial charge in [0, 0.05) is 19.0 Å². The van der Waals surface area contributed by atoms with Gasteiger partial charge in [0.15, 0.2) is 0 Å². The van der Waals surface area contributed by atoms with Gasteiger partial charge in [0.25, 0.3) is 0 Å². The zero-order chi connectivity index (χ0) is 18.0. The summed E-state index contributed by atoms with van der Waals surface area (Å²) in [5.74, 6) is -1.44. The standard InChI is InChI=1S/C17H15ClFN3O3/c18-11-6-10-7-13(21-15(10)20-8-11)16(23)22-14(17(24)25)5-9-1-3-12(19)4-2-9/h1-4,6,8,13-14H,5,7H2,(H,20,21)(H,22,23)(H,24,25)/t13?,14-/m0/s1. The van der Waals surface area contributed by atoms with Gasteiger partial charge in [-0.3, -0.25) is 4.79 Å². The number of aromatic nitrogens is 1. The van der Waals surface area contributed by atoms with Crippen LogP contribution in [0, 0.1) is 5.82 Å². The lowest BCUT2D eigenvalue weighted by molar-refractivity contribution is -0.141. The second-order valence-corrected chi connectivity index (χ2v) is 6.23. The molecule has 3 rings (SSSR count). The Kier molecular flexibility index (Phi) is 4.85. The van der Waals surface area contributed by atoms with Crippen molar-refractivity contribution in [3.8, 4) is 0 Å². The van der Waals surface area contributed by atoms with Crippen LogP contribution in [0.2, 0.25) is 5.02 Å². The van der Waals surface area contributed by atoms with E-state index in [1.807, 2.05) is 0 Å². The van der Waals surface area contributed by atoms with Gasteiger partial charge >= 0.3 is 5.97 Å². The van der Waals surface area contributed by atoms with Crippen LogP contribution in [0.4, 0.5) is 10.2 Å². The average Bonchev–Trinajstić information content (AvgIpc) is 2.99. The molecule has 0 bridgehead atoms. The quantitative estimate of drug-likeness (QED) is 0.756. The summed E-state index contributed by atoms with van der Waals surface area (Å²) in [5, 5.41) is 15.3. The molecule has 1 unspecified atom stereocenters. The van der Waals surface area contributed by atoms with Crippen LogP contribution in [-0.2, 0) is 22.4 Å². The van der Waals surface area contributed by atoms with E-state index in [0.29, 0.717) is 22.8 Å². The molecule has 1 aromatic carbocycles. The third-order valence-corrected chi connectivity index (χ3v) is 4.16. The van der Waals surface area contributed by atoms with Gasteiger partial charge in [0.2, 0.25) is 5.91 Å². The summed E-state index contributed by atoms with van der Waals surface area (Å²) < 4.78 is 12.9. The van der Waals surface area contributed by atoms with Crippen LogP contribution in [0.5, 0.6) is 0 Å². The van der Waals surface area contributed by atoms with Gasteiger partial charge in [-0.2, -0.15) is 0 Å². The van der Waals surface area contributed by atoms with Crippen LogP contribution in [-0.4, -0.2) is 34.1 Å². The van der Waals surface area contributed by atoms with Crippen molar-refractivity contribution >= 4 is 29.3 Å². The molecular weight excluding hydrogens is 349 g/mol. The minimum absolute atomic E-state index is 0.0606. The molecular formula is C17H15ClFN3O3. The minimum Gasteiger partial charge on any atom is -0.480 e. The van der Waals surface area contributed by atoms with E-state index in [9.17, 15) is 19.1 Å². The molecule has 25 heavy (non-hydrogen) atoms. The first-order chi connectivity index (χ1) is 11.9. The minimum atomic E-state index is -1.16. The van der Waals surface area contributed by atoms with Crippen molar-refractivity contribution < 1.29 is 19.1 Å². The predicted octanol–water partition coefficient (Wildman–Crippen LogP) is 2.02. The summed E-state index contributed by atoms with van der Waals surface area (Å²) in [5.41, 5.74) is 1.42. The van der Waals surface area contributed by atoms with Crippen molar-refractivity contribution in [2.75, 3.05) is 5.32 Å². The molecule has 1 aliphatic rings. The van der Waals surface area contributed by atoms with E-state index in [-0.39, 0.29) is 6.42 Å². The Bertz CT molecular complexity index is 813. The maximum atomic E-state index is 12.9. The summed E-state index contributed by atoms with van der Waals surface area (Å²) in [4.78, 5) is 28.0. The van der Waals surface area contributed by atoms with Gasteiger partial charge in [0.1, 0.15) is 23.7 Å². The summed E-state index contributed by atoms with van der Waals surface area (Å²) in [7, 11) is 0. The van der Waals surface area contributed by atoms with Crippen molar-refractivity contribution in [3.05, 3.63) is 58.5 Å². The summed E-state index contributed by atoms with van der Waals surface area (Å²) >= 11 is 5.88. The van der Waals surface area contributed by atoms with Gasteiger partial charge in [-0.25, -0.2) is 14.2 Å². The number of carboxylic acid groups (broad SMARTS) is 1. The van der Waals surface area contributed by atoms with E-state index in [1.165, 1.54) is 30.5 Å². The maximum Gasteiger partial charge on any atom is 0.326 e. The number of hydrogen-bond acceptors (Lipinski definition) is 4. The van der Waals surface area contributed by atoms with Crippen molar-refractivity contribution in [3.63, 3.8) is 0 Å². The van der Waals surface area contributed by atoms with Crippen molar-refractivity contribution in [1.29, 1.82) is 0 Å². The number of carbonyl (C=O) groups excluding carboxylic acids is 1. The highest BCUT2D eigenvalue weighted by Gasteiger charge is 2.30. The fourth-order valence-corrected chi connectivity index (χ4v) is 2.87. The number of rotatable bonds is 5. The molecule has 2 atom stereocenters. The lowest BCUT2D eigenvalue weighted by Crippen LogP contribution is -2.48. The van der Waals surface area contributed by atoms with Crippen LogP contribution >= 0.6 is 11.6 Å². The van der Waals surface area contributed by atoms with Crippen molar-refractivity contribution in [2.24, 2.45) is 0 Å². The molecule has 0 fully saturated rings. The SMILES string of the molecule is O=C(N[C@@H](Cc1ccc(F)cc1)C(=O)O)C1Cc2cc(Cl)cnc2N1. The van der Waals surface area contributed by atoms with Crippen LogP contribution in [0.3, 0.4) is 0 Å². The Morgan fingerprint density at radius 2 is 2.12 bits per heavy atom. The largest absolute Gasteiger partial charge is 0.480 e. The number of anilines is 1. The highest BCUT2D eigenvalue weighted by atomic mass is 35.5. The second-order valence-electron chi connectivity index (χ2n) is 5.79. The van der Waals surface area contributed by atoms with Gasteiger partial charge in [-0.05, 0) is 29.3 Å². The highest BCUT2D eigenvalue weighted by Crippen LogP contribution is 2.26. The molecule has 0 aliphatic carbocycles. The second kappa shape index (κ2) is 7.06. The normalized spacial score (nSPS) is 16.6. The van der Waals surface area contributed by atoms with E-state index in [2.05, 4.69) is 15.6 Å². The smallest absolute Gasteiger partial charge is 0.326 e. The predicted molar refractivity (Wildman–Crippen MR) is 90.0 cm³/mol. The average molecular weight is 364 g/mol. The van der Waals surface area contributed by atoms with Crippen molar-refractivity contribution in [1.82, 2.24) is 10.3 Å². The Labute approximate surface area is 148 Å². The number of halogens is 2. The molecule has 6 nitrogen and oxygen atoms in total. The Morgan fingerprint density at radius 1 is 1.40 bits per heavy atom. The first-order valence-electron chi connectivity index (χ1n) is 7.61. The summed E-state index contributed by atoms with van der Waals surface area (Å²) in [6, 6.07) is 5.48. The maximum absolute atomic E-state index is 12.9. The van der Waals surface area contributed by atoms with E-state index < -0.39 is 29.8 Å². The molecule has 1 aromatic heterocycles. The van der Waals surface area contributed by atoms with Crippen LogP contribution < -0.4 is 10.6 Å². The molecule has 0 radical (unpaired) electrons. The van der Waals surface area contributed by atoms with Gasteiger partial charge < -0.3 is 15.7 Å². The molecule has 2 aromatic rings. The molecule has 8 heteroatoms. The molecule has 0 spiro atoms. The van der Waals surface area contributed by atoms with Crippen molar-refractivity contribution in [2.45, 2.75) is 24.9 Å². The lowest BCUT2D eigenvalue weighted by atomic mass is 10.0. The number of benzene rings is 1. The Hall–Kier alpha value is -2.67. The van der Waals surface area contributed by atoms with Crippen LogP contribution in [0.25, 0.3) is 0 Å². The lowest BCUT2D eigenvalue weighted by Gasteiger charge is -2.18. The molecule has 130 valence electrons. The summed E-state index contributed by atoms with van der Waals surface area (Å²) in [6.07, 6.45) is 1.91. The van der Waals surface area contributed by atoms with Crippen LogP contribution in [0.15, 0.2) is 36.5 Å². The number of pyridine rings is 1. The monoisotopic (exact) mass is 363 g/mol. The Morgan fingerprint density at radius 3 is 2.80 bits per heavy atom. The first-order valence-corrected chi connectivity index (χ1v) is 7.99. The first kappa shape index (κ1) is 17.2. The van der Waals surface area contributed by atoms with E-state index in [1.54, 1.807) is 6.07 Å². The van der Waals surface area contributed by atoms with Gasteiger partial charge in [-0.15, -0.1) is 0 Å². The highest BCUT2D eigenvalue weighted by molar-refractivity contribution is 6.30. The molecule has 2 heterocycles. The fourth-order valence-electron chi connectivity index (χ4n) is 2.69. The third kappa shape index (κ3) is 4.06. The molecule has 3 N–H and O–H groups in total. The number of carbonyl (C=O) groups is 2. The summed E-state index contributed by atoms with van der Waals surface area (Å²) in [6.45, 7) is 0. The van der Waals surface area contributed by atoms with Gasteiger partial charge in [0.05, 0.1) is 5.02 Å². The number of nitrogens with zero attached hydrogens (tertiary/aromatic N) is 1. The third-order valence-electron chi connectivity index (χ3n) is 3.95. The van der Waals surface area contributed by atoms with E-state index in [0.717, 1.165) is 5.56 Å².